The molecular weight excluding hydrogens is 410 g/mol. The van der Waals surface area contributed by atoms with E-state index in [0.717, 1.165) is 11.3 Å². The molecule has 2 aliphatic rings. The molecule has 7 nitrogen and oxygen atoms in total. The molecule has 0 spiro atoms. The quantitative estimate of drug-likeness (QED) is 0.455. The third-order valence-electron chi connectivity index (χ3n) is 7.02. The average Bonchev–Trinajstić information content (AvgIpc) is 2.73. The van der Waals surface area contributed by atoms with Crippen LogP contribution in [0.15, 0.2) is 35.9 Å². The first kappa shape index (κ1) is 24.7. The maximum atomic E-state index is 12.1. The van der Waals surface area contributed by atoms with Gasteiger partial charge in [-0.2, -0.15) is 0 Å². The summed E-state index contributed by atoms with van der Waals surface area (Å²) in [6.45, 7) is 8.11. The van der Waals surface area contributed by atoms with Gasteiger partial charge in [0.15, 0.2) is 0 Å². The number of β-amino-alcohol motifs (C(OH)–C–C–N with tert-alkyl or cyclic N) is 1. The molecule has 0 amide bonds. The number of methoxy groups -OCH3 is 1. The predicted molar refractivity (Wildman–Crippen MR) is 123 cm³/mol. The third kappa shape index (κ3) is 4.57. The minimum absolute atomic E-state index is 0.292. The molecule has 0 radical (unpaired) electrons. The highest BCUT2D eigenvalue weighted by atomic mass is 16.5. The molecule has 0 unspecified atom stereocenters. The van der Waals surface area contributed by atoms with Crippen LogP contribution in [0.3, 0.4) is 0 Å². The summed E-state index contributed by atoms with van der Waals surface area (Å²) in [5.74, 6) is -1.02. The Morgan fingerprint density at radius 3 is 2.47 bits per heavy atom. The van der Waals surface area contributed by atoms with E-state index in [4.69, 9.17) is 9.47 Å². The van der Waals surface area contributed by atoms with E-state index in [1.165, 1.54) is 7.11 Å². The Kier molecular flexibility index (Phi) is 7.34. The predicted octanol–water partition coefficient (Wildman–Crippen LogP) is 2.68. The summed E-state index contributed by atoms with van der Waals surface area (Å²) < 4.78 is 10.7. The molecule has 0 aromatic heterocycles. The molecule has 178 valence electrons. The van der Waals surface area contributed by atoms with Crippen molar-refractivity contribution in [2.24, 2.45) is 5.92 Å². The normalized spacial score (nSPS) is 34.6. The van der Waals surface area contributed by atoms with Crippen molar-refractivity contribution in [3.63, 3.8) is 0 Å². The van der Waals surface area contributed by atoms with Crippen molar-refractivity contribution in [1.29, 1.82) is 0 Å². The first-order valence-electron chi connectivity index (χ1n) is 11.4. The molecule has 6 atom stereocenters. The van der Waals surface area contributed by atoms with Gasteiger partial charge >= 0.3 is 5.97 Å². The second kappa shape index (κ2) is 9.51. The van der Waals surface area contributed by atoms with Crippen molar-refractivity contribution in [1.82, 2.24) is 0 Å². The highest BCUT2D eigenvalue weighted by Gasteiger charge is 2.63. The summed E-state index contributed by atoms with van der Waals surface area (Å²) in [7, 11) is 1.52. The molecule has 0 bridgehead atoms. The van der Waals surface area contributed by atoms with E-state index in [1.807, 2.05) is 30.9 Å². The fraction of sp³-hybridized carbons (Fsp3) is 0.640. The maximum absolute atomic E-state index is 12.1. The zero-order chi connectivity index (χ0) is 23.7. The third-order valence-corrected chi connectivity index (χ3v) is 7.02. The number of esters is 1. The Labute approximate surface area is 190 Å². The van der Waals surface area contributed by atoms with Crippen LogP contribution in [0.1, 0.15) is 57.3 Å². The van der Waals surface area contributed by atoms with E-state index in [-0.39, 0.29) is 12.0 Å². The molecule has 1 aromatic carbocycles. The summed E-state index contributed by atoms with van der Waals surface area (Å²) in [6.07, 6.45) is 2.00. The van der Waals surface area contributed by atoms with Crippen LogP contribution in [-0.4, -0.2) is 71.0 Å². The number of aliphatic hydroxyl groups is 3. The van der Waals surface area contributed by atoms with E-state index < -0.39 is 29.3 Å². The highest BCUT2D eigenvalue weighted by Crippen LogP contribution is 2.50. The van der Waals surface area contributed by atoms with Gasteiger partial charge in [-0.25, -0.2) is 4.79 Å². The smallest absolute Gasteiger partial charge is 0.338 e. The van der Waals surface area contributed by atoms with Gasteiger partial charge in [-0.05, 0) is 71.2 Å². The van der Waals surface area contributed by atoms with Crippen molar-refractivity contribution < 1.29 is 29.6 Å². The van der Waals surface area contributed by atoms with E-state index in [1.54, 1.807) is 26.0 Å². The summed E-state index contributed by atoms with van der Waals surface area (Å²) in [5, 5.41) is 34.1. The molecule has 1 saturated carbocycles. The number of nitrogens with zero attached hydrogens (tertiary/aromatic N) is 1. The number of allylic oxidation sites excluding steroid dienone is 1. The lowest BCUT2D eigenvalue weighted by Crippen LogP contribution is -2.75. The minimum Gasteiger partial charge on any atom is -0.462 e. The van der Waals surface area contributed by atoms with E-state index in [9.17, 15) is 20.1 Å². The van der Waals surface area contributed by atoms with Gasteiger partial charge in [0.05, 0.1) is 41.6 Å². The number of hydrogen-bond acceptors (Lipinski definition) is 7. The number of rotatable bonds is 6. The van der Waals surface area contributed by atoms with Gasteiger partial charge in [-0.3, -0.25) is 0 Å². The fourth-order valence-corrected chi connectivity index (χ4v) is 5.51. The maximum Gasteiger partial charge on any atom is 0.338 e. The van der Waals surface area contributed by atoms with Gasteiger partial charge in [0.1, 0.15) is 0 Å². The van der Waals surface area contributed by atoms with Gasteiger partial charge in [0.2, 0.25) is 0 Å². The van der Waals surface area contributed by atoms with E-state index >= 15 is 0 Å². The number of hydrogen-bond donors (Lipinski definition) is 3. The Balaban J connectivity index is 2.03. The number of ether oxygens (including phenoxy) is 2. The lowest BCUT2D eigenvalue weighted by Gasteiger charge is -2.61. The van der Waals surface area contributed by atoms with Crippen molar-refractivity contribution >= 4 is 11.7 Å². The van der Waals surface area contributed by atoms with Gasteiger partial charge in [-0.1, -0.05) is 11.6 Å². The van der Waals surface area contributed by atoms with Gasteiger partial charge in [0.25, 0.3) is 0 Å². The zero-order valence-corrected chi connectivity index (χ0v) is 19.7. The molecule has 1 saturated heterocycles. The minimum atomic E-state index is -1.35. The molecule has 32 heavy (non-hydrogen) atoms. The van der Waals surface area contributed by atoms with Gasteiger partial charge in [0, 0.05) is 25.3 Å². The zero-order valence-electron chi connectivity index (χ0n) is 19.7. The topological polar surface area (TPSA) is 99.5 Å². The standard InChI is InChI=1S/C25H37NO6/c1-6-32-23(28)17-8-10-18(11-9-17)26-15-25(30)14-13-19(27)21(31-5)22(25)24(4,29)20(26)12-7-16(2)3/h7-11,19-22,27,29-30H,6,12-15H2,1-5H3/t19-,20+,21-,22-,24+,25+/m1/s1. The number of piperidine rings is 1. The fourth-order valence-electron chi connectivity index (χ4n) is 5.51. The number of fused-ring (bicyclic) bond motifs is 1. The molecule has 2 fully saturated rings. The lowest BCUT2D eigenvalue weighted by atomic mass is 9.59. The lowest BCUT2D eigenvalue weighted by molar-refractivity contribution is -0.232. The number of benzene rings is 1. The molecular formula is C25H37NO6. The van der Waals surface area contributed by atoms with Crippen molar-refractivity contribution in [3.05, 3.63) is 41.5 Å². The molecule has 1 aliphatic heterocycles. The van der Waals surface area contributed by atoms with Gasteiger partial charge < -0.3 is 29.7 Å². The van der Waals surface area contributed by atoms with Crippen LogP contribution in [0, 0.1) is 5.92 Å². The first-order valence-corrected chi connectivity index (χ1v) is 11.4. The van der Waals surface area contributed by atoms with Crippen LogP contribution in [0.25, 0.3) is 0 Å². The molecule has 7 heteroatoms. The first-order chi connectivity index (χ1) is 15.0. The van der Waals surface area contributed by atoms with Crippen molar-refractivity contribution in [2.45, 2.75) is 76.4 Å². The number of carbonyl (C=O) groups is 1. The van der Waals surface area contributed by atoms with Crippen molar-refractivity contribution in [2.75, 3.05) is 25.2 Å². The molecule has 1 heterocycles. The molecule has 3 N–H and O–H groups in total. The highest BCUT2D eigenvalue weighted by molar-refractivity contribution is 5.89. The van der Waals surface area contributed by atoms with Crippen LogP contribution in [-0.2, 0) is 9.47 Å². The molecule has 1 aliphatic carbocycles. The number of anilines is 1. The Morgan fingerprint density at radius 1 is 1.25 bits per heavy atom. The van der Waals surface area contributed by atoms with Crippen molar-refractivity contribution in [3.8, 4) is 0 Å². The second-order valence-electron chi connectivity index (χ2n) is 9.54. The Hall–Kier alpha value is -1.93. The Morgan fingerprint density at radius 2 is 1.91 bits per heavy atom. The second-order valence-corrected chi connectivity index (χ2v) is 9.54. The summed E-state index contributed by atoms with van der Waals surface area (Å²) in [6, 6.07) is 6.70. The van der Waals surface area contributed by atoms with E-state index in [2.05, 4.69) is 6.08 Å². The Bertz CT molecular complexity index is 831. The SMILES string of the molecule is CCOC(=O)c1ccc(N2C[C@@]3(O)CC[C@@H](O)[C@@H](OC)[C@@H]3[C@@](C)(O)[C@@H]2CC=C(C)C)cc1. The molecule has 1 aromatic rings. The number of aliphatic hydroxyl groups excluding tert-OH is 1. The van der Waals surface area contributed by atoms with Crippen LogP contribution in [0.2, 0.25) is 0 Å². The van der Waals surface area contributed by atoms with Crippen LogP contribution in [0.5, 0.6) is 0 Å². The van der Waals surface area contributed by atoms with Crippen LogP contribution < -0.4 is 4.90 Å². The average molecular weight is 448 g/mol. The molecule has 3 rings (SSSR count). The largest absolute Gasteiger partial charge is 0.462 e. The summed E-state index contributed by atoms with van der Waals surface area (Å²) in [5.41, 5.74) is -0.188. The van der Waals surface area contributed by atoms with Crippen LogP contribution >= 0.6 is 0 Å². The van der Waals surface area contributed by atoms with Crippen LogP contribution in [0.4, 0.5) is 5.69 Å². The summed E-state index contributed by atoms with van der Waals surface area (Å²) >= 11 is 0. The number of carbonyl (C=O) groups excluding carboxylic acids is 1. The van der Waals surface area contributed by atoms with E-state index in [0.29, 0.717) is 38.0 Å². The summed E-state index contributed by atoms with van der Waals surface area (Å²) in [4.78, 5) is 14.1. The van der Waals surface area contributed by atoms with Gasteiger partial charge in [-0.15, -0.1) is 0 Å². The monoisotopic (exact) mass is 447 g/mol.